The van der Waals surface area contributed by atoms with Gasteiger partial charge in [-0.2, -0.15) is 0 Å². The zero-order valence-corrected chi connectivity index (χ0v) is 12.9. The van der Waals surface area contributed by atoms with E-state index in [9.17, 15) is 14.4 Å². The van der Waals surface area contributed by atoms with Gasteiger partial charge in [0.05, 0.1) is 12.6 Å². The summed E-state index contributed by atoms with van der Waals surface area (Å²) >= 11 is 0. The summed E-state index contributed by atoms with van der Waals surface area (Å²) in [5.41, 5.74) is 5.65. The Morgan fingerprint density at radius 1 is 1.05 bits per heavy atom. The first-order chi connectivity index (χ1) is 9.84. The normalized spacial score (nSPS) is 12.0. The Hall–Kier alpha value is -1.63. The van der Waals surface area contributed by atoms with Crippen molar-refractivity contribution in [3.05, 3.63) is 0 Å². The van der Waals surface area contributed by atoms with Gasteiger partial charge < -0.3 is 21.5 Å². The smallest absolute Gasteiger partial charge is 0.303 e. The highest BCUT2D eigenvalue weighted by Crippen LogP contribution is 2.02. The minimum atomic E-state index is -0.779. The number of carboxylic acid groups (broad SMARTS) is 1. The fourth-order valence-electron chi connectivity index (χ4n) is 1.63. The molecule has 0 rings (SSSR count). The molecule has 0 aliphatic rings. The van der Waals surface area contributed by atoms with Gasteiger partial charge in [-0.25, -0.2) is 0 Å². The summed E-state index contributed by atoms with van der Waals surface area (Å²) in [6.45, 7) is 4.14. The van der Waals surface area contributed by atoms with Crippen molar-refractivity contribution in [2.24, 2.45) is 11.7 Å². The molecule has 0 aromatic heterocycles. The average Bonchev–Trinajstić information content (AvgIpc) is 2.42. The fourth-order valence-corrected chi connectivity index (χ4v) is 1.63. The lowest BCUT2D eigenvalue weighted by molar-refractivity contribution is -0.137. The van der Waals surface area contributed by atoms with E-state index in [2.05, 4.69) is 10.6 Å². The Bertz CT molecular complexity index is 345. The summed E-state index contributed by atoms with van der Waals surface area (Å²) < 4.78 is 0. The molecule has 5 N–H and O–H groups in total. The highest BCUT2D eigenvalue weighted by atomic mass is 16.4. The molecule has 0 fully saturated rings. The summed E-state index contributed by atoms with van der Waals surface area (Å²) in [5.74, 6) is -1.32. The van der Waals surface area contributed by atoms with Gasteiger partial charge in [-0.1, -0.05) is 26.7 Å². The van der Waals surface area contributed by atoms with E-state index in [-0.39, 0.29) is 30.7 Å². The van der Waals surface area contributed by atoms with Crippen LogP contribution in [0.4, 0.5) is 0 Å². The number of aliphatic carboxylic acids is 1. The molecule has 0 bridgehead atoms. The highest BCUT2D eigenvalue weighted by molar-refractivity contribution is 5.87. The summed E-state index contributed by atoms with van der Waals surface area (Å²) in [4.78, 5) is 33.3. The Morgan fingerprint density at radius 2 is 1.67 bits per heavy atom. The van der Waals surface area contributed by atoms with Crippen molar-refractivity contribution in [3.63, 3.8) is 0 Å². The van der Waals surface area contributed by atoms with Gasteiger partial charge in [-0.05, 0) is 18.8 Å². The number of nitrogens with one attached hydrogen (secondary N) is 2. The molecule has 0 aromatic carbocycles. The van der Waals surface area contributed by atoms with E-state index in [4.69, 9.17) is 10.8 Å². The van der Waals surface area contributed by atoms with Crippen LogP contribution in [-0.2, 0) is 14.4 Å². The van der Waals surface area contributed by atoms with Crippen LogP contribution in [0, 0.1) is 5.92 Å². The Kier molecular flexibility index (Phi) is 10.2. The third-order valence-electron chi connectivity index (χ3n) is 3.08. The zero-order chi connectivity index (χ0) is 16.3. The second-order valence-corrected chi connectivity index (χ2v) is 5.40. The van der Waals surface area contributed by atoms with Crippen LogP contribution in [0.3, 0.4) is 0 Å². The first-order valence-corrected chi connectivity index (χ1v) is 7.36. The lowest BCUT2D eigenvalue weighted by Gasteiger charge is -2.15. The number of carbonyl (C=O) groups excluding carboxylic acids is 2. The van der Waals surface area contributed by atoms with Crippen LogP contribution in [0.15, 0.2) is 0 Å². The highest BCUT2D eigenvalue weighted by Gasteiger charge is 2.17. The van der Waals surface area contributed by atoms with Crippen LogP contribution < -0.4 is 16.4 Å². The minimum absolute atomic E-state index is 0.0267. The summed E-state index contributed by atoms with van der Waals surface area (Å²) in [5, 5.41) is 13.7. The number of hydrogen-bond donors (Lipinski definition) is 4. The lowest BCUT2D eigenvalue weighted by Crippen LogP contribution is -2.47. The molecule has 7 nitrogen and oxygen atoms in total. The number of carbonyl (C=O) groups is 3. The van der Waals surface area contributed by atoms with Crippen molar-refractivity contribution in [2.75, 3.05) is 13.1 Å². The molecule has 7 heteroatoms. The number of amides is 2. The fraction of sp³-hybridized carbons (Fsp3) is 0.786. The topological polar surface area (TPSA) is 122 Å². The molecule has 0 saturated carbocycles. The average molecular weight is 301 g/mol. The maximum Gasteiger partial charge on any atom is 0.303 e. The van der Waals surface area contributed by atoms with E-state index in [1.807, 2.05) is 13.8 Å². The molecule has 0 aliphatic heterocycles. The van der Waals surface area contributed by atoms with Crippen molar-refractivity contribution < 1.29 is 19.5 Å². The van der Waals surface area contributed by atoms with Gasteiger partial charge >= 0.3 is 5.97 Å². The number of unbranched alkanes of at least 4 members (excludes halogenated alkanes) is 3. The van der Waals surface area contributed by atoms with Gasteiger partial charge in [0.1, 0.15) is 0 Å². The van der Waals surface area contributed by atoms with E-state index >= 15 is 0 Å². The van der Waals surface area contributed by atoms with E-state index in [0.29, 0.717) is 13.0 Å². The van der Waals surface area contributed by atoms with Crippen LogP contribution in [-0.4, -0.2) is 42.0 Å². The molecule has 21 heavy (non-hydrogen) atoms. The molecular weight excluding hydrogens is 274 g/mol. The first-order valence-electron chi connectivity index (χ1n) is 7.36. The van der Waals surface area contributed by atoms with E-state index in [0.717, 1.165) is 19.3 Å². The van der Waals surface area contributed by atoms with E-state index in [1.54, 1.807) is 0 Å². The number of carboxylic acids is 1. The Morgan fingerprint density at radius 3 is 2.24 bits per heavy atom. The predicted octanol–water partition coefficient (Wildman–Crippen LogP) is 0.237. The van der Waals surface area contributed by atoms with Gasteiger partial charge in [-0.3, -0.25) is 14.4 Å². The van der Waals surface area contributed by atoms with Crippen LogP contribution in [0.5, 0.6) is 0 Å². The van der Waals surface area contributed by atoms with Crippen molar-refractivity contribution in [3.8, 4) is 0 Å². The second kappa shape index (κ2) is 11.1. The number of nitrogens with two attached hydrogens (primary N) is 1. The van der Waals surface area contributed by atoms with Crippen LogP contribution in [0.25, 0.3) is 0 Å². The predicted molar refractivity (Wildman–Crippen MR) is 79.6 cm³/mol. The van der Waals surface area contributed by atoms with Crippen molar-refractivity contribution in [1.29, 1.82) is 0 Å². The SMILES string of the molecule is CC(C)[C@H](N)C(=O)NCC(=O)NCCCCCCC(=O)O. The van der Waals surface area contributed by atoms with Gasteiger partial charge in [0.2, 0.25) is 11.8 Å². The molecule has 0 aromatic rings. The van der Waals surface area contributed by atoms with Gasteiger partial charge in [0.15, 0.2) is 0 Å². The minimum Gasteiger partial charge on any atom is -0.481 e. The van der Waals surface area contributed by atoms with Crippen LogP contribution >= 0.6 is 0 Å². The van der Waals surface area contributed by atoms with Crippen LogP contribution in [0.2, 0.25) is 0 Å². The molecule has 0 radical (unpaired) electrons. The summed E-state index contributed by atoms with van der Waals surface area (Å²) in [7, 11) is 0. The molecule has 0 heterocycles. The first kappa shape index (κ1) is 19.4. The summed E-state index contributed by atoms with van der Waals surface area (Å²) in [6, 6.07) is -0.605. The maximum absolute atomic E-state index is 11.5. The standard InChI is InChI=1S/C14H27N3O4/c1-10(2)13(15)14(21)17-9-11(18)16-8-6-4-3-5-7-12(19)20/h10,13H,3-9,15H2,1-2H3,(H,16,18)(H,17,21)(H,19,20)/t13-/m0/s1. The maximum atomic E-state index is 11.5. The molecule has 122 valence electrons. The van der Waals surface area contributed by atoms with Crippen molar-refractivity contribution in [2.45, 2.75) is 52.0 Å². The van der Waals surface area contributed by atoms with Crippen molar-refractivity contribution in [1.82, 2.24) is 10.6 Å². The quantitative estimate of drug-likeness (QED) is 0.407. The Labute approximate surface area is 125 Å². The number of rotatable bonds is 11. The van der Waals surface area contributed by atoms with Crippen molar-refractivity contribution >= 4 is 17.8 Å². The zero-order valence-electron chi connectivity index (χ0n) is 12.9. The van der Waals surface area contributed by atoms with Crippen LogP contribution in [0.1, 0.15) is 46.0 Å². The molecule has 0 saturated heterocycles. The van der Waals surface area contributed by atoms with E-state index in [1.165, 1.54) is 0 Å². The molecule has 0 aliphatic carbocycles. The Balaban J connectivity index is 3.55. The van der Waals surface area contributed by atoms with Gasteiger partial charge in [0.25, 0.3) is 0 Å². The van der Waals surface area contributed by atoms with Gasteiger partial charge in [0, 0.05) is 13.0 Å². The lowest BCUT2D eigenvalue weighted by atomic mass is 10.1. The van der Waals surface area contributed by atoms with Gasteiger partial charge in [-0.15, -0.1) is 0 Å². The number of hydrogen-bond acceptors (Lipinski definition) is 4. The summed E-state index contributed by atoms with van der Waals surface area (Å²) in [6.07, 6.45) is 3.35. The molecule has 0 spiro atoms. The second-order valence-electron chi connectivity index (χ2n) is 5.40. The molecule has 2 amide bonds. The third-order valence-corrected chi connectivity index (χ3v) is 3.08. The van der Waals surface area contributed by atoms with E-state index < -0.39 is 12.0 Å². The largest absolute Gasteiger partial charge is 0.481 e. The molecular formula is C14H27N3O4. The monoisotopic (exact) mass is 301 g/mol. The molecule has 1 atom stereocenters. The third kappa shape index (κ3) is 10.8. The molecule has 0 unspecified atom stereocenters.